The Morgan fingerprint density at radius 1 is 1.34 bits per heavy atom. The van der Waals surface area contributed by atoms with Crippen LogP contribution in [0.1, 0.15) is 26.3 Å². The monoisotopic (exact) mass is 404 g/mol. The number of piperazine rings is 1. The number of nitrogens with zero attached hydrogens (tertiary/aromatic N) is 3. The Bertz CT molecular complexity index is 762. The number of rotatable bonds is 5. The Labute approximate surface area is 171 Å². The SMILES string of the molecule is CC(C)(C)OC(=O)N[C@H](C#N)Cc1ccc(N2CCN(C3COC3)CC2)cc1F. The molecule has 0 spiro atoms. The van der Waals surface area contributed by atoms with E-state index in [-0.39, 0.29) is 12.2 Å². The number of benzene rings is 1. The first-order valence-electron chi connectivity index (χ1n) is 9.99. The predicted molar refractivity (Wildman–Crippen MR) is 107 cm³/mol. The van der Waals surface area contributed by atoms with E-state index in [0.29, 0.717) is 11.6 Å². The molecule has 2 aliphatic heterocycles. The number of nitrogens with one attached hydrogen (secondary N) is 1. The van der Waals surface area contributed by atoms with Crippen LogP contribution in [0.2, 0.25) is 0 Å². The van der Waals surface area contributed by atoms with Crippen LogP contribution < -0.4 is 10.2 Å². The second kappa shape index (κ2) is 8.97. The van der Waals surface area contributed by atoms with Crippen molar-refractivity contribution in [3.8, 4) is 6.07 Å². The smallest absolute Gasteiger partial charge is 0.408 e. The molecular weight excluding hydrogens is 375 g/mol. The number of ether oxygens (including phenoxy) is 2. The van der Waals surface area contributed by atoms with E-state index in [2.05, 4.69) is 15.1 Å². The molecule has 8 heteroatoms. The highest BCUT2D eigenvalue weighted by molar-refractivity contribution is 5.68. The summed E-state index contributed by atoms with van der Waals surface area (Å²) in [5.74, 6) is -0.372. The van der Waals surface area contributed by atoms with Gasteiger partial charge in [0.25, 0.3) is 0 Å². The van der Waals surface area contributed by atoms with Gasteiger partial charge in [0.15, 0.2) is 0 Å². The van der Waals surface area contributed by atoms with Crippen molar-refractivity contribution in [2.75, 3.05) is 44.3 Å². The number of hydrogen-bond acceptors (Lipinski definition) is 6. The third kappa shape index (κ3) is 5.81. The maximum Gasteiger partial charge on any atom is 0.408 e. The van der Waals surface area contributed by atoms with E-state index in [1.54, 1.807) is 26.8 Å². The summed E-state index contributed by atoms with van der Waals surface area (Å²) in [6, 6.07) is 6.74. The molecule has 0 radical (unpaired) electrons. The van der Waals surface area contributed by atoms with Crippen LogP contribution in [0, 0.1) is 17.1 Å². The van der Waals surface area contributed by atoms with Crippen molar-refractivity contribution in [3.05, 3.63) is 29.6 Å². The molecule has 1 amide bonds. The molecule has 1 atom stereocenters. The van der Waals surface area contributed by atoms with Gasteiger partial charge in [0.2, 0.25) is 0 Å². The molecule has 0 bridgehead atoms. The summed E-state index contributed by atoms with van der Waals surface area (Å²) in [5.41, 5.74) is 0.568. The zero-order valence-electron chi connectivity index (χ0n) is 17.3. The molecule has 2 heterocycles. The van der Waals surface area contributed by atoms with Crippen LogP contribution in [-0.4, -0.2) is 68.1 Å². The molecule has 2 aliphatic rings. The van der Waals surface area contributed by atoms with Gasteiger partial charge >= 0.3 is 6.09 Å². The van der Waals surface area contributed by atoms with Crippen LogP contribution in [0.3, 0.4) is 0 Å². The first-order chi connectivity index (χ1) is 13.7. The van der Waals surface area contributed by atoms with E-state index in [4.69, 9.17) is 9.47 Å². The molecule has 0 saturated carbocycles. The van der Waals surface area contributed by atoms with Crippen LogP contribution in [0.15, 0.2) is 18.2 Å². The number of anilines is 1. The van der Waals surface area contributed by atoms with Crippen molar-refractivity contribution < 1.29 is 18.7 Å². The summed E-state index contributed by atoms with van der Waals surface area (Å²) in [6.07, 6.45) is -0.604. The minimum atomic E-state index is -0.863. The van der Waals surface area contributed by atoms with Gasteiger partial charge in [-0.1, -0.05) is 6.07 Å². The van der Waals surface area contributed by atoms with Crippen molar-refractivity contribution in [2.45, 2.75) is 44.9 Å². The summed E-state index contributed by atoms with van der Waals surface area (Å²) in [4.78, 5) is 16.5. The van der Waals surface area contributed by atoms with Crippen LogP contribution >= 0.6 is 0 Å². The van der Waals surface area contributed by atoms with Gasteiger partial charge in [-0.15, -0.1) is 0 Å². The molecule has 1 aromatic carbocycles. The highest BCUT2D eigenvalue weighted by atomic mass is 19.1. The predicted octanol–water partition coefficient (Wildman–Crippen LogP) is 2.31. The van der Waals surface area contributed by atoms with Gasteiger partial charge in [-0.25, -0.2) is 9.18 Å². The third-order valence-corrected chi connectivity index (χ3v) is 5.12. The maximum atomic E-state index is 14.7. The molecule has 29 heavy (non-hydrogen) atoms. The Morgan fingerprint density at radius 2 is 2.03 bits per heavy atom. The average molecular weight is 404 g/mol. The lowest BCUT2D eigenvalue weighted by molar-refractivity contribution is -0.0660. The number of carbonyl (C=O) groups is 1. The van der Waals surface area contributed by atoms with Crippen LogP contribution in [-0.2, 0) is 15.9 Å². The van der Waals surface area contributed by atoms with Crippen LogP contribution in [0.25, 0.3) is 0 Å². The summed E-state index contributed by atoms with van der Waals surface area (Å²) in [5, 5.41) is 11.8. The molecule has 2 fully saturated rings. The Kier molecular flexibility index (Phi) is 6.60. The summed E-state index contributed by atoms with van der Waals surface area (Å²) in [7, 11) is 0. The minimum absolute atomic E-state index is 0.0807. The van der Waals surface area contributed by atoms with Gasteiger partial charge in [0, 0.05) is 38.3 Å². The van der Waals surface area contributed by atoms with E-state index in [0.717, 1.165) is 45.1 Å². The number of hydrogen-bond donors (Lipinski definition) is 1. The molecule has 2 saturated heterocycles. The molecule has 7 nitrogen and oxygen atoms in total. The fraction of sp³-hybridized carbons (Fsp3) is 0.619. The van der Waals surface area contributed by atoms with Crippen molar-refractivity contribution in [3.63, 3.8) is 0 Å². The molecule has 1 N–H and O–H groups in total. The lowest BCUT2D eigenvalue weighted by Gasteiger charge is -2.43. The molecule has 0 aliphatic carbocycles. The molecule has 0 unspecified atom stereocenters. The van der Waals surface area contributed by atoms with Crippen molar-refractivity contribution in [1.82, 2.24) is 10.2 Å². The number of amides is 1. The number of halogens is 1. The van der Waals surface area contributed by atoms with Gasteiger partial charge in [0.05, 0.1) is 25.3 Å². The second-order valence-electron chi connectivity index (χ2n) is 8.52. The normalized spacial score (nSPS) is 19.2. The van der Waals surface area contributed by atoms with Gasteiger partial charge in [-0.2, -0.15) is 5.26 Å². The number of nitriles is 1. The Balaban J connectivity index is 1.56. The quantitative estimate of drug-likeness (QED) is 0.812. The Hall–Kier alpha value is -2.37. The number of carbonyl (C=O) groups excluding carboxylic acids is 1. The van der Waals surface area contributed by atoms with Gasteiger partial charge in [-0.05, 0) is 38.5 Å². The van der Waals surface area contributed by atoms with Gasteiger partial charge in [0.1, 0.15) is 17.5 Å². The standard InChI is InChI=1S/C21H29FN4O3/c1-21(2,3)29-20(27)24-16(12-23)10-15-4-5-17(11-19(15)22)25-6-8-26(9-7-25)18-13-28-14-18/h4-5,11,16,18H,6-10,13-14H2,1-3H3,(H,24,27)/t16-/m0/s1. The zero-order chi connectivity index (χ0) is 21.0. The lowest BCUT2D eigenvalue weighted by atomic mass is 10.0. The van der Waals surface area contributed by atoms with E-state index in [1.807, 2.05) is 12.1 Å². The fourth-order valence-corrected chi connectivity index (χ4v) is 3.48. The van der Waals surface area contributed by atoms with E-state index < -0.39 is 17.7 Å². The van der Waals surface area contributed by atoms with Crippen LogP contribution in [0.4, 0.5) is 14.9 Å². The zero-order valence-corrected chi connectivity index (χ0v) is 17.3. The molecule has 158 valence electrons. The van der Waals surface area contributed by atoms with E-state index in [1.165, 1.54) is 6.07 Å². The highest BCUT2D eigenvalue weighted by Crippen LogP contribution is 2.22. The van der Waals surface area contributed by atoms with Crippen LogP contribution in [0.5, 0.6) is 0 Å². The van der Waals surface area contributed by atoms with Crippen molar-refractivity contribution in [1.29, 1.82) is 5.26 Å². The lowest BCUT2D eigenvalue weighted by Crippen LogP contribution is -2.56. The molecule has 3 rings (SSSR count). The second-order valence-corrected chi connectivity index (χ2v) is 8.52. The van der Waals surface area contributed by atoms with Crippen molar-refractivity contribution >= 4 is 11.8 Å². The topological polar surface area (TPSA) is 77.8 Å². The molecular formula is C21H29FN4O3. The van der Waals surface area contributed by atoms with E-state index >= 15 is 0 Å². The first kappa shape index (κ1) is 21.3. The van der Waals surface area contributed by atoms with Gasteiger partial charge < -0.3 is 19.7 Å². The fourth-order valence-electron chi connectivity index (χ4n) is 3.48. The Morgan fingerprint density at radius 3 is 2.55 bits per heavy atom. The molecule has 1 aromatic rings. The summed E-state index contributed by atoms with van der Waals surface area (Å²) < 4.78 is 25.1. The third-order valence-electron chi connectivity index (χ3n) is 5.12. The maximum absolute atomic E-state index is 14.7. The minimum Gasteiger partial charge on any atom is -0.444 e. The first-order valence-corrected chi connectivity index (χ1v) is 9.99. The summed E-state index contributed by atoms with van der Waals surface area (Å²) >= 11 is 0. The van der Waals surface area contributed by atoms with Crippen molar-refractivity contribution in [2.24, 2.45) is 0 Å². The van der Waals surface area contributed by atoms with E-state index in [9.17, 15) is 14.4 Å². The highest BCUT2D eigenvalue weighted by Gasteiger charge is 2.29. The number of alkyl carbamates (subject to hydrolysis) is 1. The summed E-state index contributed by atoms with van der Waals surface area (Å²) in [6.45, 7) is 10.4. The van der Waals surface area contributed by atoms with Gasteiger partial charge in [-0.3, -0.25) is 4.90 Å². The molecule has 0 aromatic heterocycles. The average Bonchev–Trinajstić information content (AvgIpc) is 2.60. The largest absolute Gasteiger partial charge is 0.444 e.